The first-order chi connectivity index (χ1) is 9.69. The molecule has 0 radical (unpaired) electrons. The number of halogens is 1. The van der Waals surface area contributed by atoms with Crippen LogP contribution in [0.15, 0.2) is 15.9 Å². The second-order valence-electron chi connectivity index (χ2n) is 5.30. The lowest BCUT2D eigenvalue weighted by atomic mass is 10.1. The van der Waals surface area contributed by atoms with Crippen LogP contribution in [0.1, 0.15) is 69.8 Å². The zero-order chi connectivity index (χ0) is 14.8. The zero-order valence-corrected chi connectivity index (χ0v) is 15.1. The molecule has 0 aliphatic rings. The van der Waals surface area contributed by atoms with Crippen LogP contribution < -0.4 is 5.73 Å². The van der Waals surface area contributed by atoms with Crippen LogP contribution in [0.4, 0.5) is 0 Å². The molecular weight excluding hydrogens is 334 g/mol. The molecule has 0 amide bonds. The summed E-state index contributed by atoms with van der Waals surface area (Å²) >= 11 is 5.23. The molecule has 0 bridgehead atoms. The predicted molar refractivity (Wildman–Crippen MR) is 92.4 cm³/mol. The fourth-order valence-corrected chi connectivity index (χ4v) is 3.77. The Kier molecular flexibility index (Phi) is 9.78. The van der Waals surface area contributed by atoms with Crippen molar-refractivity contribution in [2.24, 2.45) is 5.73 Å². The Morgan fingerprint density at radius 2 is 1.90 bits per heavy atom. The number of unbranched alkanes of at least 4 members (excludes halogenated alkanes) is 5. The van der Waals surface area contributed by atoms with Gasteiger partial charge in [-0.2, -0.15) is 0 Å². The van der Waals surface area contributed by atoms with Gasteiger partial charge in [-0.25, -0.2) is 0 Å². The van der Waals surface area contributed by atoms with Gasteiger partial charge in [0.25, 0.3) is 0 Å². The standard InChI is InChI=1S/C16H28BrNOS/c1-3-5-6-7-8-9-10-19-16(14(18)4-2)15-11-13(17)12-20-15/h11-12,14,16H,3-10,18H2,1-2H3. The van der Waals surface area contributed by atoms with E-state index in [0.29, 0.717) is 0 Å². The van der Waals surface area contributed by atoms with E-state index in [1.54, 1.807) is 11.3 Å². The number of nitrogens with two attached hydrogens (primary N) is 1. The molecule has 0 saturated carbocycles. The fraction of sp³-hybridized carbons (Fsp3) is 0.750. The van der Waals surface area contributed by atoms with E-state index < -0.39 is 0 Å². The smallest absolute Gasteiger partial charge is 0.107 e. The molecule has 1 rings (SSSR count). The molecule has 2 nitrogen and oxygen atoms in total. The van der Waals surface area contributed by atoms with Gasteiger partial charge in [-0.05, 0) is 34.8 Å². The average molecular weight is 362 g/mol. The van der Waals surface area contributed by atoms with E-state index in [9.17, 15) is 0 Å². The average Bonchev–Trinajstić information content (AvgIpc) is 2.87. The van der Waals surface area contributed by atoms with Crippen LogP contribution in [0, 0.1) is 0 Å². The largest absolute Gasteiger partial charge is 0.371 e. The highest BCUT2D eigenvalue weighted by atomic mass is 79.9. The maximum atomic E-state index is 6.21. The summed E-state index contributed by atoms with van der Waals surface area (Å²) in [6.07, 6.45) is 8.73. The van der Waals surface area contributed by atoms with Gasteiger partial charge in [-0.3, -0.25) is 0 Å². The molecule has 1 aromatic heterocycles. The van der Waals surface area contributed by atoms with Crippen LogP contribution in [-0.4, -0.2) is 12.6 Å². The van der Waals surface area contributed by atoms with Crippen molar-refractivity contribution in [2.75, 3.05) is 6.61 Å². The van der Waals surface area contributed by atoms with Crippen LogP contribution in [0.3, 0.4) is 0 Å². The Bertz CT molecular complexity index is 356. The Hall–Kier alpha value is 0.1000. The minimum atomic E-state index is 0.0481. The summed E-state index contributed by atoms with van der Waals surface area (Å²) in [7, 11) is 0. The Morgan fingerprint density at radius 1 is 1.20 bits per heavy atom. The van der Waals surface area contributed by atoms with Crippen molar-refractivity contribution >= 4 is 27.3 Å². The van der Waals surface area contributed by atoms with E-state index >= 15 is 0 Å². The number of ether oxygens (including phenoxy) is 1. The first-order valence-electron chi connectivity index (χ1n) is 7.80. The second kappa shape index (κ2) is 10.8. The summed E-state index contributed by atoms with van der Waals surface area (Å²) in [4.78, 5) is 1.23. The van der Waals surface area contributed by atoms with Crippen molar-refractivity contribution in [2.45, 2.75) is 70.9 Å². The number of hydrogen-bond donors (Lipinski definition) is 1. The van der Waals surface area contributed by atoms with Gasteiger partial charge in [-0.15, -0.1) is 11.3 Å². The van der Waals surface area contributed by atoms with Crippen molar-refractivity contribution in [3.8, 4) is 0 Å². The third kappa shape index (κ3) is 6.70. The molecule has 4 heteroatoms. The summed E-state index contributed by atoms with van der Waals surface area (Å²) in [6.45, 7) is 5.19. The molecule has 0 fully saturated rings. The molecular formula is C16H28BrNOS. The van der Waals surface area contributed by atoms with Crippen LogP contribution >= 0.6 is 27.3 Å². The summed E-state index contributed by atoms with van der Waals surface area (Å²) < 4.78 is 7.18. The van der Waals surface area contributed by atoms with E-state index in [2.05, 4.69) is 41.2 Å². The third-order valence-electron chi connectivity index (χ3n) is 3.52. The predicted octanol–water partition coefficient (Wildman–Crippen LogP) is 5.67. The van der Waals surface area contributed by atoms with Gasteiger partial charge >= 0.3 is 0 Å². The van der Waals surface area contributed by atoms with Crippen LogP contribution in [-0.2, 0) is 4.74 Å². The van der Waals surface area contributed by atoms with Crippen molar-refractivity contribution in [3.63, 3.8) is 0 Å². The molecule has 0 spiro atoms. The first kappa shape index (κ1) is 18.1. The summed E-state index contributed by atoms with van der Waals surface area (Å²) in [6, 6.07) is 2.21. The summed E-state index contributed by atoms with van der Waals surface area (Å²) in [5.41, 5.74) is 6.21. The molecule has 1 heterocycles. The number of thiophene rings is 1. The van der Waals surface area contributed by atoms with E-state index in [4.69, 9.17) is 10.5 Å². The van der Waals surface area contributed by atoms with E-state index in [1.807, 2.05) is 0 Å². The number of rotatable bonds is 11. The molecule has 1 aromatic rings. The molecule has 0 saturated heterocycles. The molecule has 0 aliphatic heterocycles. The van der Waals surface area contributed by atoms with Crippen molar-refractivity contribution in [1.82, 2.24) is 0 Å². The quantitative estimate of drug-likeness (QED) is 0.515. The molecule has 2 N–H and O–H groups in total. The first-order valence-corrected chi connectivity index (χ1v) is 9.47. The van der Waals surface area contributed by atoms with Crippen LogP contribution in [0.25, 0.3) is 0 Å². The Balaban J connectivity index is 2.31. The number of hydrogen-bond acceptors (Lipinski definition) is 3. The Labute approximate surface area is 136 Å². The van der Waals surface area contributed by atoms with Crippen LogP contribution in [0.5, 0.6) is 0 Å². The molecule has 0 aliphatic carbocycles. The van der Waals surface area contributed by atoms with Crippen molar-refractivity contribution in [1.29, 1.82) is 0 Å². The van der Waals surface area contributed by atoms with Gasteiger partial charge in [0.05, 0.1) is 0 Å². The highest BCUT2D eigenvalue weighted by Gasteiger charge is 2.20. The molecule has 2 unspecified atom stereocenters. The van der Waals surface area contributed by atoms with Gasteiger partial charge in [0.2, 0.25) is 0 Å². The van der Waals surface area contributed by atoms with Gasteiger partial charge in [0.15, 0.2) is 0 Å². The molecule has 0 aromatic carbocycles. The van der Waals surface area contributed by atoms with Gasteiger partial charge in [-0.1, -0.05) is 46.0 Å². The molecule has 20 heavy (non-hydrogen) atoms. The topological polar surface area (TPSA) is 35.2 Å². The highest BCUT2D eigenvalue weighted by Crippen LogP contribution is 2.30. The van der Waals surface area contributed by atoms with E-state index in [-0.39, 0.29) is 12.1 Å². The Morgan fingerprint density at radius 3 is 2.50 bits per heavy atom. The SMILES string of the molecule is CCCCCCCCOC(c1cc(Br)cs1)C(N)CC. The fourth-order valence-electron chi connectivity index (χ4n) is 2.20. The van der Waals surface area contributed by atoms with Crippen LogP contribution in [0.2, 0.25) is 0 Å². The normalized spacial score (nSPS) is 14.4. The lowest BCUT2D eigenvalue weighted by Gasteiger charge is -2.22. The van der Waals surface area contributed by atoms with Crippen molar-refractivity contribution in [3.05, 3.63) is 20.8 Å². The maximum Gasteiger partial charge on any atom is 0.107 e. The summed E-state index contributed by atoms with van der Waals surface area (Å²) in [5, 5.41) is 2.10. The van der Waals surface area contributed by atoms with E-state index in [0.717, 1.165) is 23.9 Å². The van der Waals surface area contributed by atoms with E-state index in [1.165, 1.54) is 37.0 Å². The lowest BCUT2D eigenvalue weighted by molar-refractivity contribution is 0.0334. The van der Waals surface area contributed by atoms with Crippen molar-refractivity contribution < 1.29 is 4.74 Å². The van der Waals surface area contributed by atoms with Gasteiger partial charge in [0.1, 0.15) is 6.10 Å². The lowest BCUT2D eigenvalue weighted by Crippen LogP contribution is -2.29. The minimum absolute atomic E-state index is 0.0481. The monoisotopic (exact) mass is 361 g/mol. The summed E-state index contributed by atoms with van der Waals surface area (Å²) in [5.74, 6) is 0. The molecule has 2 atom stereocenters. The van der Waals surface area contributed by atoms with Gasteiger partial charge in [0, 0.05) is 27.4 Å². The maximum absolute atomic E-state index is 6.21. The molecule has 116 valence electrons. The second-order valence-corrected chi connectivity index (χ2v) is 7.16. The highest BCUT2D eigenvalue weighted by molar-refractivity contribution is 9.10. The van der Waals surface area contributed by atoms with Gasteiger partial charge < -0.3 is 10.5 Å². The zero-order valence-electron chi connectivity index (χ0n) is 12.7. The minimum Gasteiger partial charge on any atom is -0.371 e. The third-order valence-corrected chi connectivity index (χ3v) is 5.28.